The molecular weight excluding hydrogens is 340 g/mol. The molecule has 0 saturated carbocycles. The second kappa shape index (κ2) is 8.34. The van der Waals surface area contributed by atoms with Crippen LogP contribution in [0.25, 0.3) is 16.5 Å². The molecule has 0 amide bonds. The third-order valence-electron chi connectivity index (χ3n) is 4.45. The van der Waals surface area contributed by atoms with E-state index in [1.807, 2.05) is 37.4 Å². The van der Waals surface area contributed by atoms with E-state index < -0.39 is 0 Å². The van der Waals surface area contributed by atoms with Gasteiger partial charge in [0.25, 0.3) is 0 Å². The Morgan fingerprint density at radius 2 is 2.12 bits per heavy atom. The molecule has 0 bridgehead atoms. The van der Waals surface area contributed by atoms with Gasteiger partial charge in [-0.3, -0.25) is 0 Å². The number of fused-ring (bicyclic) bond motifs is 1. The first-order valence-electron chi connectivity index (χ1n) is 9.08. The Morgan fingerprint density at radius 1 is 1.27 bits per heavy atom. The number of hydrogen-bond acceptors (Lipinski definition) is 3. The van der Waals surface area contributed by atoms with Gasteiger partial charge in [0.05, 0.1) is 10.6 Å². The molecule has 5 heteroatoms. The molecule has 0 saturated heterocycles. The molecule has 3 N–H and O–H groups in total. The Kier molecular flexibility index (Phi) is 5.91. The number of benzene rings is 1. The molecule has 0 unspecified atom stereocenters. The number of nitrogens with one attached hydrogen (secondary N) is 1. The lowest BCUT2D eigenvalue weighted by Crippen LogP contribution is -2.23. The summed E-state index contributed by atoms with van der Waals surface area (Å²) in [5, 5.41) is 3.26. The standard InChI is InChI=1S/C19H20N4S.C2H6/c1-23-8-6-13(7-9-23)16-12-21-17-11-14(4-5-15(16)17)22-19(20)18-3-2-10-24-18;1-2/h2-6,10-12,21H,7-9H2,1H3,(H2,20,22);1-2H3. The predicted molar refractivity (Wildman–Crippen MR) is 114 cm³/mol. The lowest BCUT2D eigenvalue weighted by molar-refractivity contribution is 0.370. The van der Waals surface area contributed by atoms with E-state index in [9.17, 15) is 0 Å². The third-order valence-corrected chi connectivity index (χ3v) is 5.34. The van der Waals surface area contributed by atoms with E-state index in [4.69, 9.17) is 5.73 Å². The van der Waals surface area contributed by atoms with Gasteiger partial charge < -0.3 is 15.6 Å². The van der Waals surface area contributed by atoms with Crippen LogP contribution in [-0.2, 0) is 0 Å². The van der Waals surface area contributed by atoms with Crippen molar-refractivity contribution >= 4 is 39.3 Å². The summed E-state index contributed by atoms with van der Waals surface area (Å²) < 4.78 is 0. The fourth-order valence-electron chi connectivity index (χ4n) is 3.08. The molecule has 136 valence electrons. The number of aromatic amines is 1. The van der Waals surface area contributed by atoms with Crippen LogP contribution in [-0.4, -0.2) is 35.9 Å². The van der Waals surface area contributed by atoms with Crippen molar-refractivity contribution in [3.63, 3.8) is 0 Å². The average Bonchev–Trinajstić information content (AvgIpc) is 3.34. The maximum atomic E-state index is 6.09. The summed E-state index contributed by atoms with van der Waals surface area (Å²) in [6.45, 7) is 6.12. The summed E-state index contributed by atoms with van der Waals surface area (Å²) in [7, 11) is 2.16. The zero-order chi connectivity index (χ0) is 18.5. The fraction of sp³-hybridized carbons (Fsp3) is 0.286. The number of hydrogen-bond donors (Lipinski definition) is 2. The van der Waals surface area contributed by atoms with Crippen molar-refractivity contribution < 1.29 is 0 Å². The number of H-pyrrole nitrogens is 1. The van der Waals surface area contributed by atoms with Crippen LogP contribution >= 0.6 is 11.3 Å². The highest BCUT2D eigenvalue weighted by Gasteiger charge is 2.13. The van der Waals surface area contributed by atoms with Gasteiger partial charge >= 0.3 is 0 Å². The van der Waals surface area contributed by atoms with E-state index >= 15 is 0 Å². The van der Waals surface area contributed by atoms with Crippen LogP contribution in [0.2, 0.25) is 0 Å². The Morgan fingerprint density at radius 3 is 2.81 bits per heavy atom. The zero-order valence-electron chi connectivity index (χ0n) is 15.6. The second-order valence-electron chi connectivity index (χ2n) is 6.15. The highest BCUT2D eigenvalue weighted by atomic mass is 32.1. The Labute approximate surface area is 159 Å². The quantitative estimate of drug-likeness (QED) is 0.505. The van der Waals surface area contributed by atoms with E-state index in [2.05, 4.69) is 46.3 Å². The number of nitrogens with two attached hydrogens (primary N) is 1. The molecule has 4 nitrogen and oxygen atoms in total. The fourth-order valence-corrected chi connectivity index (χ4v) is 3.71. The number of nitrogens with zero attached hydrogens (tertiary/aromatic N) is 2. The Hall–Kier alpha value is -2.37. The van der Waals surface area contributed by atoms with E-state index in [0.29, 0.717) is 5.84 Å². The first kappa shape index (κ1) is 18.4. The number of aliphatic imine (C=N–C) groups is 1. The number of rotatable bonds is 3. The summed E-state index contributed by atoms with van der Waals surface area (Å²) in [6.07, 6.45) is 5.53. The summed E-state index contributed by atoms with van der Waals surface area (Å²) in [4.78, 5) is 11.3. The molecule has 3 heterocycles. The SMILES string of the molecule is CC.CN1CC=C(c2c[nH]c3cc(N=C(N)c4cccs4)ccc23)CC1. The summed E-state index contributed by atoms with van der Waals surface area (Å²) in [5.41, 5.74) is 10.8. The molecule has 0 spiro atoms. The topological polar surface area (TPSA) is 57.4 Å². The minimum atomic E-state index is 0.564. The van der Waals surface area contributed by atoms with Crippen LogP contribution in [0.5, 0.6) is 0 Å². The first-order valence-corrected chi connectivity index (χ1v) is 9.96. The van der Waals surface area contributed by atoms with Crippen LogP contribution in [0.1, 0.15) is 30.7 Å². The lowest BCUT2D eigenvalue weighted by Gasteiger charge is -2.21. The minimum Gasteiger partial charge on any atom is -0.383 e. The molecule has 0 aliphatic carbocycles. The smallest absolute Gasteiger partial charge is 0.141 e. The van der Waals surface area contributed by atoms with E-state index in [1.165, 1.54) is 16.5 Å². The van der Waals surface area contributed by atoms with Gasteiger partial charge in [0, 0.05) is 35.8 Å². The van der Waals surface area contributed by atoms with Crippen molar-refractivity contribution in [1.82, 2.24) is 9.88 Å². The molecule has 2 aromatic heterocycles. The summed E-state index contributed by atoms with van der Waals surface area (Å²) >= 11 is 1.60. The van der Waals surface area contributed by atoms with Gasteiger partial charge in [0.15, 0.2) is 0 Å². The van der Waals surface area contributed by atoms with Crippen LogP contribution < -0.4 is 5.73 Å². The highest BCUT2D eigenvalue weighted by Crippen LogP contribution is 2.31. The summed E-state index contributed by atoms with van der Waals surface area (Å²) in [6, 6.07) is 10.2. The Bertz CT molecular complexity index is 919. The molecule has 26 heavy (non-hydrogen) atoms. The molecule has 1 aromatic carbocycles. The average molecular weight is 367 g/mol. The molecule has 4 rings (SSSR count). The van der Waals surface area contributed by atoms with E-state index in [1.54, 1.807) is 11.3 Å². The molecule has 0 radical (unpaired) electrons. The monoisotopic (exact) mass is 366 g/mol. The molecule has 1 aliphatic rings. The first-order chi connectivity index (χ1) is 12.7. The zero-order valence-corrected chi connectivity index (χ0v) is 16.4. The second-order valence-corrected chi connectivity index (χ2v) is 7.10. The van der Waals surface area contributed by atoms with Gasteiger partial charge in [-0.15, -0.1) is 11.3 Å². The maximum Gasteiger partial charge on any atom is 0.141 e. The van der Waals surface area contributed by atoms with Crippen molar-refractivity contribution in [1.29, 1.82) is 0 Å². The largest absolute Gasteiger partial charge is 0.383 e. The molecular formula is C21H26N4S. The number of aromatic nitrogens is 1. The third kappa shape index (κ3) is 3.89. The van der Waals surface area contributed by atoms with E-state index in [-0.39, 0.29) is 0 Å². The van der Waals surface area contributed by atoms with Crippen molar-refractivity contribution in [3.05, 3.63) is 58.4 Å². The predicted octanol–water partition coefficient (Wildman–Crippen LogP) is 5.01. The minimum absolute atomic E-state index is 0.564. The van der Waals surface area contributed by atoms with Gasteiger partial charge in [-0.25, -0.2) is 4.99 Å². The van der Waals surface area contributed by atoms with Gasteiger partial charge in [-0.1, -0.05) is 32.1 Å². The van der Waals surface area contributed by atoms with Crippen LogP contribution in [0.15, 0.2) is 53.0 Å². The molecule has 0 atom stereocenters. The summed E-state index contributed by atoms with van der Waals surface area (Å²) in [5.74, 6) is 0.564. The molecule has 3 aromatic rings. The number of likely N-dealkylation sites (N-methyl/N-ethyl adjacent to an activating group) is 1. The van der Waals surface area contributed by atoms with Gasteiger partial charge in [-0.2, -0.15) is 0 Å². The van der Waals surface area contributed by atoms with Crippen molar-refractivity contribution in [3.8, 4) is 0 Å². The van der Waals surface area contributed by atoms with E-state index in [0.717, 1.165) is 35.6 Å². The van der Waals surface area contributed by atoms with Gasteiger partial charge in [-0.05, 0) is 42.6 Å². The van der Waals surface area contributed by atoms with Crippen LogP contribution in [0.4, 0.5) is 5.69 Å². The van der Waals surface area contributed by atoms with Gasteiger partial charge in [0.2, 0.25) is 0 Å². The Balaban J connectivity index is 0.000000948. The maximum absolute atomic E-state index is 6.09. The molecule has 1 aliphatic heterocycles. The van der Waals surface area contributed by atoms with Crippen molar-refractivity contribution in [2.24, 2.45) is 10.7 Å². The van der Waals surface area contributed by atoms with Crippen molar-refractivity contribution in [2.45, 2.75) is 20.3 Å². The highest BCUT2D eigenvalue weighted by molar-refractivity contribution is 7.12. The van der Waals surface area contributed by atoms with Crippen LogP contribution in [0.3, 0.4) is 0 Å². The van der Waals surface area contributed by atoms with Gasteiger partial charge in [0.1, 0.15) is 5.84 Å². The number of thiophene rings is 1. The normalized spacial score (nSPS) is 15.5. The van der Waals surface area contributed by atoms with Crippen molar-refractivity contribution in [2.75, 3.05) is 20.1 Å². The lowest BCUT2D eigenvalue weighted by atomic mass is 9.99. The number of amidine groups is 1. The molecule has 0 fully saturated rings. The van der Waals surface area contributed by atoms with Crippen LogP contribution in [0, 0.1) is 0 Å².